The van der Waals surface area contributed by atoms with Crippen molar-refractivity contribution in [3.05, 3.63) is 60.5 Å². The fourth-order valence-corrected chi connectivity index (χ4v) is 3.02. The van der Waals surface area contributed by atoms with Crippen molar-refractivity contribution < 1.29 is 14.1 Å². The van der Waals surface area contributed by atoms with Crippen molar-refractivity contribution in [2.24, 2.45) is 0 Å². The topological polar surface area (TPSA) is 80.5 Å². The first-order valence-electron chi connectivity index (χ1n) is 10.1. The van der Waals surface area contributed by atoms with Crippen molar-refractivity contribution in [1.82, 2.24) is 15.5 Å². The summed E-state index contributed by atoms with van der Waals surface area (Å²) >= 11 is 0. The molecule has 1 heterocycles. The van der Waals surface area contributed by atoms with Crippen LogP contribution in [0.25, 0.3) is 11.4 Å². The minimum absolute atomic E-state index is 0.0261. The van der Waals surface area contributed by atoms with E-state index in [9.17, 15) is 4.79 Å². The Morgan fingerprint density at radius 2 is 1.90 bits per heavy atom. The van der Waals surface area contributed by atoms with Gasteiger partial charge in [0.15, 0.2) is 0 Å². The first-order valence-corrected chi connectivity index (χ1v) is 10.1. The lowest BCUT2D eigenvalue weighted by Crippen LogP contribution is -2.40. The third-order valence-electron chi connectivity index (χ3n) is 5.03. The number of nitrogens with one attached hydrogen (secondary N) is 1. The van der Waals surface area contributed by atoms with Gasteiger partial charge in [-0.2, -0.15) is 4.98 Å². The molecule has 0 bridgehead atoms. The summed E-state index contributed by atoms with van der Waals surface area (Å²) in [4.78, 5) is 18.7. The molecule has 1 unspecified atom stereocenters. The number of aromatic nitrogens is 2. The van der Waals surface area contributed by atoms with E-state index in [1.807, 2.05) is 49.5 Å². The largest absolute Gasteiger partial charge is 0.497 e. The van der Waals surface area contributed by atoms with Gasteiger partial charge >= 0.3 is 0 Å². The Labute approximate surface area is 177 Å². The summed E-state index contributed by atoms with van der Waals surface area (Å²) in [6.07, 6.45) is 1.64. The summed E-state index contributed by atoms with van der Waals surface area (Å²) in [6.45, 7) is 2.68. The van der Waals surface area contributed by atoms with E-state index in [-0.39, 0.29) is 11.9 Å². The van der Waals surface area contributed by atoms with E-state index in [0.717, 1.165) is 17.0 Å². The van der Waals surface area contributed by atoms with Gasteiger partial charge in [0, 0.05) is 43.7 Å². The van der Waals surface area contributed by atoms with Crippen molar-refractivity contribution in [1.29, 1.82) is 0 Å². The molecule has 7 nitrogen and oxygen atoms in total. The quantitative estimate of drug-likeness (QED) is 0.551. The molecule has 0 saturated heterocycles. The van der Waals surface area contributed by atoms with Gasteiger partial charge < -0.3 is 19.5 Å². The number of benzene rings is 2. The van der Waals surface area contributed by atoms with Gasteiger partial charge in [-0.15, -0.1) is 0 Å². The molecular formula is C23H28N4O3. The van der Waals surface area contributed by atoms with Crippen molar-refractivity contribution in [2.45, 2.75) is 32.2 Å². The number of nitrogens with zero attached hydrogens (tertiary/aromatic N) is 3. The molecule has 0 aliphatic carbocycles. The number of para-hydroxylation sites is 1. The number of hydrogen-bond donors (Lipinski definition) is 1. The second-order valence-corrected chi connectivity index (χ2v) is 7.19. The van der Waals surface area contributed by atoms with Gasteiger partial charge in [-0.25, -0.2) is 0 Å². The van der Waals surface area contributed by atoms with Crippen LogP contribution in [-0.4, -0.2) is 42.8 Å². The summed E-state index contributed by atoms with van der Waals surface area (Å²) < 4.78 is 10.5. The number of anilines is 1. The Hall–Kier alpha value is -3.35. The molecule has 0 saturated carbocycles. The van der Waals surface area contributed by atoms with Gasteiger partial charge in [-0.1, -0.05) is 23.4 Å². The number of carbonyl (C=O) groups is 1. The molecule has 3 rings (SSSR count). The molecule has 0 radical (unpaired) electrons. The number of carbonyl (C=O) groups excluding carboxylic acids is 1. The van der Waals surface area contributed by atoms with E-state index < -0.39 is 0 Å². The van der Waals surface area contributed by atoms with E-state index in [4.69, 9.17) is 9.26 Å². The highest BCUT2D eigenvalue weighted by atomic mass is 16.5. The summed E-state index contributed by atoms with van der Waals surface area (Å²) in [5.74, 6) is 1.87. The molecule has 0 aliphatic rings. The fraction of sp³-hybridized carbons (Fsp3) is 0.348. The Morgan fingerprint density at radius 3 is 2.60 bits per heavy atom. The van der Waals surface area contributed by atoms with Gasteiger partial charge in [0.25, 0.3) is 0 Å². The first-order chi connectivity index (χ1) is 14.6. The van der Waals surface area contributed by atoms with Crippen LogP contribution < -0.4 is 15.0 Å². The van der Waals surface area contributed by atoms with Gasteiger partial charge in [0.1, 0.15) is 5.75 Å². The molecule has 1 amide bonds. The predicted molar refractivity (Wildman–Crippen MR) is 117 cm³/mol. The van der Waals surface area contributed by atoms with Crippen LogP contribution >= 0.6 is 0 Å². The van der Waals surface area contributed by atoms with Crippen molar-refractivity contribution >= 4 is 11.6 Å². The molecular weight excluding hydrogens is 380 g/mol. The lowest BCUT2D eigenvalue weighted by molar-refractivity contribution is -0.121. The maximum atomic E-state index is 12.2. The number of likely N-dealkylation sites (N-methyl/N-ethyl adjacent to an activating group) is 1. The maximum Gasteiger partial charge on any atom is 0.226 e. The van der Waals surface area contributed by atoms with Crippen molar-refractivity contribution in [3.8, 4) is 17.1 Å². The average molecular weight is 409 g/mol. The molecule has 2 aromatic carbocycles. The van der Waals surface area contributed by atoms with Crippen molar-refractivity contribution in [3.63, 3.8) is 0 Å². The van der Waals surface area contributed by atoms with Crippen LogP contribution in [0.1, 0.15) is 25.7 Å². The molecule has 7 heteroatoms. The van der Waals surface area contributed by atoms with E-state index >= 15 is 0 Å². The maximum absolute atomic E-state index is 12.2. The number of aryl methyl sites for hydroxylation is 1. The molecule has 1 atom stereocenters. The molecule has 30 heavy (non-hydrogen) atoms. The van der Waals surface area contributed by atoms with Crippen LogP contribution in [0, 0.1) is 0 Å². The summed E-state index contributed by atoms with van der Waals surface area (Å²) in [5.41, 5.74) is 1.99. The predicted octanol–water partition coefficient (Wildman–Crippen LogP) is 3.71. The highest BCUT2D eigenvalue weighted by Gasteiger charge is 2.12. The Bertz CT molecular complexity index is 925. The van der Waals surface area contributed by atoms with Gasteiger partial charge in [-0.05, 0) is 49.7 Å². The Morgan fingerprint density at radius 1 is 1.17 bits per heavy atom. The molecule has 0 spiro atoms. The average Bonchev–Trinajstić information content (AvgIpc) is 3.26. The second kappa shape index (κ2) is 10.4. The van der Waals surface area contributed by atoms with E-state index in [1.54, 1.807) is 7.11 Å². The van der Waals surface area contributed by atoms with Crippen LogP contribution in [0.15, 0.2) is 59.1 Å². The van der Waals surface area contributed by atoms with Crippen LogP contribution in [0.4, 0.5) is 5.69 Å². The highest BCUT2D eigenvalue weighted by molar-refractivity contribution is 5.75. The number of ether oxygens (including phenoxy) is 1. The SMILES string of the molecule is COc1ccc(-c2noc(CCCC(=O)NCC(C)N(C)c3ccccc3)n2)cc1. The molecule has 158 valence electrons. The summed E-state index contributed by atoms with van der Waals surface area (Å²) in [5, 5.41) is 7.02. The molecule has 1 N–H and O–H groups in total. The van der Waals surface area contributed by atoms with Crippen LogP contribution in [-0.2, 0) is 11.2 Å². The van der Waals surface area contributed by atoms with E-state index in [1.165, 1.54) is 0 Å². The minimum atomic E-state index is 0.0261. The Balaban J connectivity index is 1.40. The standard InChI is InChI=1S/C23H28N4O3/c1-17(27(2)19-8-5-4-6-9-19)16-24-21(28)10-7-11-22-25-23(26-30-22)18-12-14-20(29-3)15-13-18/h4-6,8-9,12-15,17H,7,10-11,16H2,1-3H3,(H,24,28). The number of amides is 1. The van der Waals surface area contributed by atoms with Gasteiger partial charge in [0.05, 0.1) is 7.11 Å². The Kier molecular flexibility index (Phi) is 7.43. The highest BCUT2D eigenvalue weighted by Crippen LogP contribution is 2.20. The van der Waals surface area contributed by atoms with Crippen LogP contribution in [0.5, 0.6) is 5.75 Å². The zero-order chi connectivity index (χ0) is 21.3. The summed E-state index contributed by atoms with van der Waals surface area (Å²) in [7, 11) is 3.65. The third kappa shape index (κ3) is 5.83. The summed E-state index contributed by atoms with van der Waals surface area (Å²) in [6, 6.07) is 17.8. The monoisotopic (exact) mass is 408 g/mol. The zero-order valence-electron chi connectivity index (χ0n) is 17.7. The lowest BCUT2D eigenvalue weighted by Gasteiger charge is -2.27. The smallest absolute Gasteiger partial charge is 0.226 e. The molecule has 3 aromatic rings. The van der Waals surface area contributed by atoms with Crippen LogP contribution in [0.3, 0.4) is 0 Å². The third-order valence-corrected chi connectivity index (χ3v) is 5.03. The number of methoxy groups -OCH3 is 1. The zero-order valence-corrected chi connectivity index (χ0v) is 17.7. The minimum Gasteiger partial charge on any atom is -0.497 e. The molecule has 1 aromatic heterocycles. The van der Waals surface area contributed by atoms with Crippen LogP contribution in [0.2, 0.25) is 0 Å². The lowest BCUT2D eigenvalue weighted by atomic mass is 10.2. The van der Waals surface area contributed by atoms with E-state index in [0.29, 0.717) is 37.5 Å². The van der Waals surface area contributed by atoms with Gasteiger partial charge in [0.2, 0.25) is 17.6 Å². The second-order valence-electron chi connectivity index (χ2n) is 7.19. The van der Waals surface area contributed by atoms with E-state index in [2.05, 4.69) is 39.4 Å². The molecule has 0 aliphatic heterocycles. The fourth-order valence-electron chi connectivity index (χ4n) is 3.02. The van der Waals surface area contributed by atoms with Crippen molar-refractivity contribution in [2.75, 3.05) is 25.6 Å². The van der Waals surface area contributed by atoms with Gasteiger partial charge in [-0.3, -0.25) is 4.79 Å². The number of rotatable bonds is 10. The first kappa shape index (κ1) is 21.4. The number of hydrogen-bond acceptors (Lipinski definition) is 6. The molecule has 0 fully saturated rings. The normalized spacial score (nSPS) is 11.7.